The number of hydrogen-bond donors (Lipinski definition) is 1. The molecule has 0 bridgehead atoms. The number of hydrogen-bond acceptors (Lipinski definition) is 6. The van der Waals surface area contributed by atoms with Crippen molar-refractivity contribution in [3.63, 3.8) is 0 Å². The molecule has 2 aromatic heterocycles. The van der Waals surface area contributed by atoms with Crippen molar-refractivity contribution in [3.8, 4) is 11.6 Å². The Labute approximate surface area is 115 Å². The normalized spacial score (nSPS) is 12.9. The Balaban J connectivity index is 1.85. The Morgan fingerprint density at radius 3 is 3.00 bits per heavy atom. The molecule has 1 aromatic carbocycles. The van der Waals surface area contributed by atoms with Crippen LogP contribution in [-0.4, -0.2) is 23.9 Å². The number of methoxy groups -OCH3 is 1. The van der Waals surface area contributed by atoms with Gasteiger partial charge in [-0.1, -0.05) is 23.4 Å². The molecule has 3 aromatic rings. The fourth-order valence-electron chi connectivity index (χ4n) is 1.95. The molecule has 0 saturated carbocycles. The van der Waals surface area contributed by atoms with Crippen LogP contribution in [0.15, 0.2) is 39.3 Å². The number of nitrogens with zero attached hydrogens (tertiary/aromatic N) is 2. The lowest BCUT2D eigenvalue weighted by molar-refractivity contribution is 0.182. The number of ether oxygens (including phenoxy) is 1. The predicted molar refractivity (Wildman–Crippen MR) is 72.9 cm³/mol. The molecule has 0 radical (unpaired) electrons. The van der Waals surface area contributed by atoms with Crippen LogP contribution in [0.25, 0.3) is 22.6 Å². The molecule has 0 saturated heterocycles. The highest BCUT2D eigenvalue weighted by atomic mass is 16.5. The third-order valence-corrected chi connectivity index (χ3v) is 3.04. The lowest BCUT2D eigenvalue weighted by Crippen LogP contribution is -2.12. The summed E-state index contributed by atoms with van der Waals surface area (Å²) in [4.78, 5) is 4.28. The molecule has 0 fully saturated rings. The molecule has 1 atom stereocenters. The molecule has 2 N–H and O–H groups in total. The molecule has 0 spiro atoms. The Morgan fingerprint density at radius 1 is 1.35 bits per heavy atom. The number of furan rings is 1. The number of fused-ring (bicyclic) bond motifs is 1. The first-order valence-corrected chi connectivity index (χ1v) is 6.35. The van der Waals surface area contributed by atoms with Crippen molar-refractivity contribution in [2.24, 2.45) is 5.73 Å². The minimum absolute atomic E-state index is 0.333. The van der Waals surface area contributed by atoms with E-state index in [0.29, 0.717) is 30.5 Å². The zero-order valence-corrected chi connectivity index (χ0v) is 11.1. The van der Waals surface area contributed by atoms with Gasteiger partial charge in [0.05, 0.1) is 6.04 Å². The Kier molecular flexibility index (Phi) is 3.49. The van der Waals surface area contributed by atoms with Gasteiger partial charge in [-0.3, -0.25) is 0 Å². The molecular weight excluding hydrogens is 258 g/mol. The van der Waals surface area contributed by atoms with E-state index in [4.69, 9.17) is 19.4 Å². The summed E-state index contributed by atoms with van der Waals surface area (Å²) in [6.45, 7) is 0.545. The second-order valence-corrected chi connectivity index (χ2v) is 4.49. The van der Waals surface area contributed by atoms with Crippen LogP contribution in [0.2, 0.25) is 0 Å². The van der Waals surface area contributed by atoms with E-state index in [9.17, 15) is 0 Å². The Hall–Kier alpha value is -2.18. The highest BCUT2D eigenvalue weighted by Crippen LogP contribution is 2.26. The van der Waals surface area contributed by atoms with Crippen molar-refractivity contribution in [1.29, 1.82) is 0 Å². The van der Waals surface area contributed by atoms with E-state index in [1.807, 2.05) is 30.3 Å². The van der Waals surface area contributed by atoms with Crippen molar-refractivity contribution in [2.75, 3.05) is 13.7 Å². The first kappa shape index (κ1) is 12.8. The van der Waals surface area contributed by atoms with Crippen LogP contribution >= 0.6 is 0 Å². The van der Waals surface area contributed by atoms with Gasteiger partial charge in [0, 0.05) is 19.1 Å². The van der Waals surface area contributed by atoms with Gasteiger partial charge in [-0.25, -0.2) is 0 Å². The van der Waals surface area contributed by atoms with Gasteiger partial charge in [-0.05, 0) is 18.6 Å². The van der Waals surface area contributed by atoms with Gasteiger partial charge in [0.15, 0.2) is 5.76 Å². The van der Waals surface area contributed by atoms with Gasteiger partial charge in [0.1, 0.15) is 5.58 Å². The summed E-state index contributed by atoms with van der Waals surface area (Å²) >= 11 is 0. The standard InChI is InChI=1S/C14H15N3O3/c1-18-7-6-10(15)14-16-13(17-20-14)12-8-9-4-2-3-5-11(9)19-12/h2-5,8,10H,6-7,15H2,1H3. The molecule has 6 nitrogen and oxygen atoms in total. The molecule has 2 heterocycles. The summed E-state index contributed by atoms with van der Waals surface area (Å²) in [5.41, 5.74) is 6.73. The zero-order valence-electron chi connectivity index (χ0n) is 11.1. The smallest absolute Gasteiger partial charge is 0.244 e. The first-order valence-electron chi connectivity index (χ1n) is 6.35. The van der Waals surface area contributed by atoms with Gasteiger partial charge in [-0.15, -0.1) is 0 Å². The average molecular weight is 273 g/mol. The second-order valence-electron chi connectivity index (χ2n) is 4.49. The number of rotatable bonds is 5. The molecule has 20 heavy (non-hydrogen) atoms. The summed E-state index contributed by atoms with van der Waals surface area (Å²) in [6, 6.07) is 9.27. The van der Waals surface area contributed by atoms with Crippen molar-refractivity contribution in [1.82, 2.24) is 10.1 Å². The summed E-state index contributed by atoms with van der Waals surface area (Å²) in [5.74, 6) is 1.36. The van der Waals surface area contributed by atoms with Crippen molar-refractivity contribution in [3.05, 3.63) is 36.2 Å². The molecule has 1 unspecified atom stereocenters. The van der Waals surface area contributed by atoms with E-state index in [-0.39, 0.29) is 6.04 Å². The SMILES string of the molecule is COCCC(N)c1nc(-c2cc3ccccc3o2)no1. The minimum atomic E-state index is -0.333. The van der Waals surface area contributed by atoms with Crippen molar-refractivity contribution < 1.29 is 13.7 Å². The van der Waals surface area contributed by atoms with Crippen LogP contribution in [0, 0.1) is 0 Å². The average Bonchev–Trinajstić information content (AvgIpc) is 3.10. The van der Waals surface area contributed by atoms with E-state index < -0.39 is 0 Å². The Morgan fingerprint density at radius 2 is 2.20 bits per heavy atom. The largest absolute Gasteiger partial charge is 0.453 e. The third kappa shape index (κ3) is 2.43. The van der Waals surface area contributed by atoms with Crippen molar-refractivity contribution >= 4 is 11.0 Å². The molecule has 3 rings (SSSR count). The number of benzene rings is 1. The quantitative estimate of drug-likeness (QED) is 0.768. The maximum absolute atomic E-state index is 5.94. The van der Waals surface area contributed by atoms with Crippen LogP contribution in [0.4, 0.5) is 0 Å². The van der Waals surface area contributed by atoms with Crippen LogP contribution in [-0.2, 0) is 4.74 Å². The van der Waals surface area contributed by atoms with Crippen LogP contribution < -0.4 is 5.73 Å². The highest BCUT2D eigenvalue weighted by Gasteiger charge is 2.17. The van der Waals surface area contributed by atoms with Gasteiger partial charge in [0.2, 0.25) is 11.7 Å². The molecule has 104 valence electrons. The van der Waals surface area contributed by atoms with Gasteiger partial charge in [-0.2, -0.15) is 4.98 Å². The number of aromatic nitrogens is 2. The lowest BCUT2D eigenvalue weighted by atomic mass is 10.2. The topological polar surface area (TPSA) is 87.3 Å². The van der Waals surface area contributed by atoms with E-state index in [2.05, 4.69) is 10.1 Å². The van der Waals surface area contributed by atoms with E-state index >= 15 is 0 Å². The Bertz CT molecular complexity index is 671. The zero-order chi connectivity index (χ0) is 13.9. The van der Waals surface area contributed by atoms with E-state index in [1.165, 1.54) is 0 Å². The molecular formula is C14H15N3O3. The molecule has 0 aliphatic heterocycles. The summed E-state index contributed by atoms with van der Waals surface area (Å²) in [5, 5.41) is 4.91. The summed E-state index contributed by atoms with van der Waals surface area (Å²) in [7, 11) is 1.63. The van der Waals surface area contributed by atoms with Crippen LogP contribution in [0.5, 0.6) is 0 Å². The van der Waals surface area contributed by atoms with Crippen LogP contribution in [0.1, 0.15) is 18.4 Å². The maximum atomic E-state index is 5.94. The number of para-hydroxylation sites is 1. The minimum Gasteiger partial charge on any atom is -0.453 e. The molecule has 0 aliphatic carbocycles. The van der Waals surface area contributed by atoms with Crippen LogP contribution in [0.3, 0.4) is 0 Å². The second kappa shape index (κ2) is 5.44. The molecule has 6 heteroatoms. The van der Waals surface area contributed by atoms with E-state index in [0.717, 1.165) is 11.0 Å². The first-order chi connectivity index (χ1) is 9.78. The molecule has 0 aliphatic rings. The summed E-state index contributed by atoms with van der Waals surface area (Å²) < 4.78 is 15.8. The number of nitrogens with two attached hydrogens (primary N) is 1. The van der Waals surface area contributed by atoms with Crippen molar-refractivity contribution in [2.45, 2.75) is 12.5 Å². The summed E-state index contributed by atoms with van der Waals surface area (Å²) in [6.07, 6.45) is 0.623. The van der Waals surface area contributed by atoms with Gasteiger partial charge < -0.3 is 19.4 Å². The fourth-order valence-corrected chi connectivity index (χ4v) is 1.95. The highest BCUT2D eigenvalue weighted by molar-refractivity contribution is 5.81. The van der Waals surface area contributed by atoms with E-state index in [1.54, 1.807) is 7.11 Å². The lowest BCUT2D eigenvalue weighted by Gasteiger charge is -2.03. The van der Waals surface area contributed by atoms with Gasteiger partial charge in [0.25, 0.3) is 0 Å². The predicted octanol–water partition coefficient (Wildman–Crippen LogP) is 2.52. The molecule has 0 amide bonds. The van der Waals surface area contributed by atoms with Gasteiger partial charge >= 0.3 is 0 Å². The third-order valence-electron chi connectivity index (χ3n) is 3.04. The fraction of sp³-hybridized carbons (Fsp3) is 0.286. The maximum Gasteiger partial charge on any atom is 0.244 e. The monoisotopic (exact) mass is 273 g/mol.